The van der Waals surface area contributed by atoms with Crippen molar-refractivity contribution in [2.75, 3.05) is 24.7 Å². The Labute approximate surface area is 108 Å². The topological polar surface area (TPSA) is 58.9 Å². The second-order valence-electron chi connectivity index (χ2n) is 4.33. The van der Waals surface area contributed by atoms with Gasteiger partial charge in [0, 0.05) is 12.8 Å². The highest BCUT2D eigenvalue weighted by Crippen LogP contribution is 2.20. The van der Waals surface area contributed by atoms with E-state index in [4.69, 9.17) is 14.6 Å². The summed E-state index contributed by atoms with van der Waals surface area (Å²) in [5, 5.41) is 18.6. The molecule has 0 saturated carbocycles. The van der Waals surface area contributed by atoms with Gasteiger partial charge in [0.1, 0.15) is 0 Å². The van der Waals surface area contributed by atoms with Gasteiger partial charge in [-0.2, -0.15) is 11.8 Å². The maximum absolute atomic E-state index is 9.58. The third kappa shape index (κ3) is 6.62. The molecule has 0 aromatic rings. The molecule has 0 aliphatic carbocycles. The van der Waals surface area contributed by atoms with Gasteiger partial charge in [-0.25, -0.2) is 0 Å². The van der Waals surface area contributed by atoms with Crippen LogP contribution in [0.25, 0.3) is 0 Å². The molecular formula is C12H24O4S. The van der Waals surface area contributed by atoms with Crippen molar-refractivity contribution in [3.05, 3.63) is 0 Å². The number of ether oxygens (including phenoxy) is 2. The van der Waals surface area contributed by atoms with Gasteiger partial charge in [-0.05, 0) is 24.3 Å². The van der Waals surface area contributed by atoms with E-state index in [1.807, 2.05) is 11.8 Å². The molecule has 0 aromatic carbocycles. The van der Waals surface area contributed by atoms with Crippen molar-refractivity contribution in [2.45, 2.75) is 51.1 Å². The molecule has 0 amide bonds. The Kier molecular flexibility index (Phi) is 8.22. The van der Waals surface area contributed by atoms with E-state index in [0.29, 0.717) is 19.4 Å². The second-order valence-corrected chi connectivity index (χ2v) is 5.56. The minimum absolute atomic E-state index is 0.0523. The number of hydrogen-bond donors (Lipinski definition) is 2. The quantitative estimate of drug-likeness (QED) is 0.649. The molecule has 1 fully saturated rings. The fraction of sp³-hybridized carbons (Fsp3) is 1.00. The van der Waals surface area contributed by atoms with Crippen LogP contribution < -0.4 is 0 Å². The lowest BCUT2D eigenvalue weighted by atomic mass is 10.1. The Hall–Kier alpha value is 0.190. The third-order valence-corrected chi connectivity index (χ3v) is 3.91. The lowest BCUT2D eigenvalue weighted by Crippen LogP contribution is -2.39. The van der Waals surface area contributed by atoms with Gasteiger partial charge in [0.25, 0.3) is 0 Å². The van der Waals surface area contributed by atoms with Crippen molar-refractivity contribution in [3.63, 3.8) is 0 Å². The molecule has 0 radical (unpaired) electrons. The van der Waals surface area contributed by atoms with Crippen molar-refractivity contribution in [2.24, 2.45) is 0 Å². The number of aliphatic hydroxyl groups is 2. The van der Waals surface area contributed by atoms with Gasteiger partial charge in [-0.15, -0.1) is 0 Å². The Balaban J connectivity index is 2.05. The van der Waals surface area contributed by atoms with E-state index in [2.05, 4.69) is 6.92 Å². The SMILES string of the molecule is CCCSCCCOC1CC(O)CC(CO)O1. The standard InChI is InChI=1S/C12H24O4S/c1-2-5-17-6-3-4-15-12-8-10(14)7-11(9-13)16-12/h10-14H,2-9H2,1H3. The first-order valence-corrected chi connectivity index (χ1v) is 7.55. The summed E-state index contributed by atoms with van der Waals surface area (Å²) >= 11 is 1.94. The van der Waals surface area contributed by atoms with Crippen LogP contribution >= 0.6 is 11.8 Å². The van der Waals surface area contributed by atoms with E-state index in [1.54, 1.807) is 0 Å². The smallest absolute Gasteiger partial charge is 0.160 e. The predicted molar refractivity (Wildman–Crippen MR) is 69.2 cm³/mol. The van der Waals surface area contributed by atoms with Gasteiger partial charge in [-0.3, -0.25) is 0 Å². The zero-order valence-corrected chi connectivity index (χ0v) is 11.3. The lowest BCUT2D eigenvalue weighted by Gasteiger charge is -2.32. The maximum Gasteiger partial charge on any atom is 0.160 e. The average Bonchev–Trinajstić information content (AvgIpc) is 2.33. The van der Waals surface area contributed by atoms with Crippen LogP contribution in [-0.4, -0.2) is 53.4 Å². The van der Waals surface area contributed by atoms with Gasteiger partial charge in [0.05, 0.1) is 25.4 Å². The van der Waals surface area contributed by atoms with E-state index < -0.39 is 6.10 Å². The Morgan fingerprint density at radius 1 is 1.35 bits per heavy atom. The zero-order chi connectivity index (χ0) is 12.5. The first kappa shape index (κ1) is 15.2. The molecule has 0 spiro atoms. The van der Waals surface area contributed by atoms with Crippen LogP contribution in [0.15, 0.2) is 0 Å². The minimum Gasteiger partial charge on any atom is -0.394 e. The normalized spacial score (nSPS) is 29.5. The fourth-order valence-electron chi connectivity index (χ4n) is 1.79. The molecule has 0 bridgehead atoms. The van der Waals surface area contributed by atoms with E-state index in [1.165, 1.54) is 12.2 Å². The summed E-state index contributed by atoms with van der Waals surface area (Å²) in [4.78, 5) is 0. The summed E-state index contributed by atoms with van der Waals surface area (Å²) in [5.41, 5.74) is 0. The van der Waals surface area contributed by atoms with Crippen molar-refractivity contribution >= 4 is 11.8 Å². The second kappa shape index (κ2) is 9.16. The van der Waals surface area contributed by atoms with Gasteiger partial charge < -0.3 is 19.7 Å². The van der Waals surface area contributed by atoms with Crippen LogP contribution in [0.1, 0.15) is 32.6 Å². The van der Waals surface area contributed by atoms with Crippen molar-refractivity contribution < 1.29 is 19.7 Å². The first-order chi connectivity index (χ1) is 8.26. The summed E-state index contributed by atoms with van der Waals surface area (Å²) < 4.78 is 11.1. The van der Waals surface area contributed by atoms with Crippen LogP contribution in [0.3, 0.4) is 0 Å². The van der Waals surface area contributed by atoms with Crippen LogP contribution in [0, 0.1) is 0 Å². The monoisotopic (exact) mass is 264 g/mol. The van der Waals surface area contributed by atoms with Gasteiger partial charge >= 0.3 is 0 Å². The fourth-order valence-corrected chi connectivity index (χ4v) is 2.61. The Bertz CT molecular complexity index is 191. The molecule has 5 heteroatoms. The van der Waals surface area contributed by atoms with Crippen LogP contribution in [0.2, 0.25) is 0 Å². The molecule has 1 saturated heterocycles. The highest BCUT2D eigenvalue weighted by atomic mass is 32.2. The molecule has 17 heavy (non-hydrogen) atoms. The molecule has 1 aliphatic heterocycles. The van der Waals surface area contributed by atoms with E-state index >= 15 is 0 Å². The molecule has 1 rings (SSSR count). The molecule has 1 heterocycles. The molecular weight excluding hydrogens is 240 g/mol. The number of aliphatic hydroxyl groups excluding tert-OH is 2. The van der Waals surface area contributed by atoms with Crippen molar-refractivity contribution in [1.82, 2.24) is 0 Å². The van der Waals surface area contributed by atoms with Crippen molar-refractivity contribution in [1.29, 1.82) is 0 Å². The van der Waals surface area contributed by atoms with Crippen LogP contribution in [0.4, 0.5) is 0 Å². The molecule has 3 unspecified atom stereocenters. The summed E-state index contributed by atoms with van der Waals surface area (Å²) in [6.07, 6.45) is 2.18. The van der Waals surface area contributed by atoms with Crippen LogP contribution in [0.5, 0.6) is 0 Å². The van der Waals surface area contributed by atoms with Gasteiger partial charge in [0.2, 0.25) is 0 Å². The first-order valence-electron chi connectivity index (χ1n) is 6.40. The number of thioether (sulfide) groups is 1. The molecule has 3 atom stereocenters. The van der Waals surface area contributed by atoms with Crippen molar-refractivity contribution in [3.8, 4) is 0 Å². The molecule has 1 aliphatic rings. The Morgan fingerprint density at radius 3 is 2.88 bits per heavy atom. The average molecular weight is 264 g/mol. The highest BCUT2D eigenvalue weighted by molar-refractivity contribution is 7.99. The van der Waals surface area contributed by atoms with E-state index in [9.17, 15) is 5.11 Å². The number of hydrogen-bond acceptors (Lipinski definition) is 5. The molecule has 0 aromatic heterocycles. The Morgan fingerprint density at radius 2 is 2.18 bits per heavy atom. The summed E-state index contributed by atoms with van der Waals surface area (Å²) in [5.74, 6) is 2.30. The molecule has 102 valence electrons. The van der Waals surface area contributed by atoms with Crippen LogP contribution in [-0.2, 0) is 9.47 Å². The maximum atomic E-state index is 9.58. The molecule has 4 nitrogen and oxygen atoms in total. The van der Waals surface area contributed by atoms with E-state index in [-0.39, 0.29) is 19.0 Å². The minimum atomic E-state index is -0.416. The molecule has 2 N–H and O–H groups in total. The lowest BCUT2D eigenvalue weighted by molar-refractivity contribution is -0.221. The van der Waals surface area contributed by atoms with E-state index in [0.717, 1.165) is 12.2 Å². The third-order valence-electron chi connectivity index (χ3n) is 2.63. The van der Waals surface area contributed by atoms with Gasteiger partial charge in [-0.1, -0.05) is 6.92 Å². The largest absolute Gasteiger partial charge is 0.394 e. The number of rotatable bonds is 8. The summed E-state index contributed by atoms with van der Waals surface area (Å²) in [6.45, 7) is 2.78. The van der Waals surface area contributed by atoms with Gasteiger partial charge in [0.15, 0.2) is 6.29 Å². The summed E-state index contributed by atoms with van der Waals surface area (Å²) in [6, 6.07) is 0. The predicted octanol–water partition coefficient (Wildman–Crippen LogP) is 1.39. The highest BCUT2D eigenvalue weighted by Gasteiger charge is 2.28. The summed E-state index contributed by atoms with van der Waals surface area (Å²) in [7, 11) is 0. The zero-order valence-electron chi connectivity index (χ0n) is 10.5.